The Labute approximate surface area is 273 Å². The van der Waals surface area contributed by atoms with Crippen molar-refractivity contribution in [1.82, 2.24) is 0 Å². The van der Waals surface area contributed by atoms with Crippen LogP contribution < -0.4 is 4.57 Å². The van der Waals surface area contributed by atoms with Crippen LogP contribution in [0.5, 0.6) is 0 Å². The van der Waals surface area contributed by atoms with Crippen LogP contribution in [0.3, 0.4) is 0 Å². The number of rotatable bonds is 27. The van der Waals surface area contributed by atoms with E-state index in [2.05, 4.69) is 49.0 Å². The third kappa shape index (κ3) is 24.6. The predicted octanol–water partition coefficient (Wildman–Crippen LogP) is 11.5. The zero-order chi connectivity index (χ0) is 32.0. The minimum atomic E-state index is -4.31. The van der Waals surface area contributed by atoms with Crippen LogP contribution in [0.4, 0.5) is 0 Å². The number of aryl methyl sites for hydroxylation is 2. The van der Waals surface area contributed by atoms with Crippen LogP contribution in [0, 0.1) is 0 Å². The van der Waals surface area contributed by atoms with E-state index in [0.717, 1.165) is 18.4 Å². The van der Waals surface area contributed by atoms with Crippen molar-refractivity contribution < 1.29 is 17.5 Å². The van der Waals surface area contributed by atoms with Crippen LogP contribution in [0.15, 0.2) is 59.8 Å². The van der Waals surface area contributed by atoms with Gasteiger partial charge >= 0.3 is 0 Å². The van der Waals surface area contributed by atoms with Crippen molar-refractivity contribution in [3.05, 3.63) is 60.4 Å². The lowest BCUT2D eigenvalue weighted by Crippen LogP contribution is -2.32. The van der Waals surface area contributed by atoms with Crippen molar-refractivity contribution >= 4 is 10.1 Å². The SMILES string of the molecule is CCCCCCCCCCCCCCCC[n+]1ccccc1.CCCCCCCCCCCCc1ccc(S(=O)(=O)[O-])cc1. The van der Waals surface area contributed by atoms with E-state index in [-0.39, 0.29) is 4.90 Å². The second kappa shape index (κ2) is 28.7. The first-order chi connectivity index (χ1) is 21.5. The Morgan fingerprint density at radius 3 is 1.25 bits per heavy atom. The van der Waals surface area contributed by atoms with Gasteiger partial charge in [0.15, 0.2) is 12.4 Å². The van der Waals surface area contributed by atoms with Crippen LogP contribution >= 0.6 is 0 Å². The lowest BCUT2D eigenvalue weighted by molar-refractivity contribution is -0.697. The number of benzene rings is 1. The third-order valence-corrected chi connectivity index (χ3v) is 9.43. The maximum atomic E-state index is 10.8. The quantitative estimate of drug-likeness (QED) is 0.0561. The summed E-state index contributed by atoms with van der Waals surface area (Å²) in [5.41, 5.74) is 1.10. The van der Waals surface area contributed by atoms with Crippen molar-refractivity contribution in [2.24, 2.45) is 0 Å². The van der Waals surface area contributed by atoms with Crippen molar-refractivity contribution in [2.45, 2.75) is 186 Å². The summed E-state index contributed by atoms with van der Waals surface area (Å²) in [5, 5.41) is 0. The Morgan fingerprint density at radius 1 is 0.500 bits per heavy atom. The molecule has 0 bridgehead atoms. The van der Waals surface area contributed by atoms with Gasteiger partial charge in [0.1, 0.15) is 16.7 Å². The largest absolute Gasteiger partial charge is 0.744 e. The monoisotopic (exact) mass is 629 g/mol. The molecule has 4 nitrogen and oxygen atoms in total. The minimum absolute atomic E-state index is 0.140. The van der Waals surface area contributed by atoms with Gasteiger partial charge in [0.25, 0.3) is 0 Å². The highest BCUT2D eigenvalue weighted by atomic mass is 32.2. The van der Waals surface area contributed by atoms with E-state index >= 15 is 0 Å². The Kier molecular flexibility index (Phi) is 26.3. The Bertz CT molecular complexity index is 976. The lowest BCUT2D eigenvalue weighted by Gasteiger charge is -2.08. The van der Waals surface area contributed by atoms with Crippen LogP contribution in [0.2, 0.25) is 0 Å². The number of hydrogen-bond donors (Lipinski definition) is 0. The molecule has 44 heavy (non-hydrogen) atoms. The topological polar surface area (TPSA) is 61.1 Å². The first-order valence-corrected chi connectivity index (χ1v) is 19.9. The molecule has 1 heterocycles. The summed E-state index contributed by atoms with van der Waals surface area (Å²) in [6, 6.07) is 12.6. The minimum Gasteiger partial charge on any atom is -0.744 e. The van der Waals surface area contributed by atoms with Crippen molar-refractivity contribution in [2.75, 3.05) is 0 Å². The number of pyridine rings is 1. The molecule has 5 heteroatoms. The standard InChI is InChI=1S/C21H38N.C18H30O3S/c1-2-3-4-5-6-7-8-9-10-11-12-13-14-16-19-22-20-17-15-18-21-22;1-2-3-4-5-6-7-8-9-10-11-12-17-13-15-18(16-14-17)22(19,20)21/h15,17-18,20-21H,2-14,16,19H2,1H3;13-16H,2-12H2,1H3,(H,19,20,21)/q+1;/p-1. The molecule has 0 fully saturated rings. The molecular weight excluding hydrogens is 563 g/mol. The molecule has 0 atom stereocenters. The molecule has 0 amide bonds. The van der Waals surface area contributed by atoms with Gasteiger partial charge < -0.3 is 4.55 Å². The van der Waals surface area contributed by atoms with Gasteiger partial charge in [0.2, 0.25) is 0 Å². The predicted molar refractivity (Wildman–Crippen MR) is 187 cm³/mol. The Hall–Kier alpha value is -1.72. The number of unbranched alkanes of at least 4 members (excludes halogenated alkanes) is 22. The molecule has 0 saturated heterocycles. The average molecular weight is 630 g/mol. The molecule has 1 aromatic carbocycles. The van der Waals surface area contributed by atoms with Crippen LogP contribution in [0.1, 0.15) is 174 Å². The number of nitrogens with zero attached hydrogens (tertiary/aromatic N) is 1. The fourth-order valence-electron chi connectivity index (χ4n) is 5.71. The third-order valence-electron chi connectivity index (χ3n) is 8.58. The molecule has 2 rings (SSSR count). The highest BCUT2D eigenvalue weighted by Crippen LogP contribution is 2.15. The first kappa shape index (κ1) is 40.3. The van der Waals surface area contributed by atoms with Crippen molar-refractivity contribution in [3.63, 3.8) is 0 Å². The summed E-state index contributed by atoms with van der Waals surface area (Å²) in [6.45, 7) is 5.71. The lowest BCUT2D eigenvalue weighted by atomic mass is 10.0. The van der Waals surface area contributed by atoms with Crippen molar-refractivity contribution in [3.8, 4) is 0 Å². The smallest absolute Gasteiger partial charge is 0.168 e. The zero-order valence-electron chi connectivity index (χ0n) is 28.7. The number of aromatic nitrogens is 1. The molecular formula is C39H67NO3S. The van der Waals surface area contributed by atoms with Gasteiger partial charge in [-0.25, -0.2) is 13.0 Å². The van der Waals surface area contributed by atoms with E-state index in [4.69, 9.17) is 0 Å². The Balaban J connectivity index is 0.000000440. The molecule has 252 valence electrons. The van der Waals surface area contributed by atoms with Gasteiger partial charge in [-0.05, 0) is 37.0 Å². The van der Waals surface area contributed by atoms with Crippen LogP contribution in [-0.4, -0.2) is 13.0 Å². The second-order valence-electron chi connectivity index (χ2n) is 12.7. The summed E-state index contributed by atoms with van der Waals surface area (Å²) in [4.78, 5) is -0.140. The molecule has 0 unspecified atom stereocenters. The van der Waals surface area contributed by atoms with E-state index in [0.29, 0.717) is 0 Å². The van der Waals surface area contributed by atoms with Gasteiger partial charge in [-0.15, -0.1) is 0 Å². The van der Waals surface area contributed by atoms with Gasteiger partial charge in [-0.1, -0.05) is 167 Å². The van der Waals surface area contributed by atoms with Gasteiger partial charge in [0, 0.05) is 18.6 Å². The Morgan fingerprint density at radius 2 is 0.864 bits per heavy atom. The summed E-state index contributed by atoms with van der Waals surface area (Å²) < 4.78 is 34.8. The molecule has 1 aromatic heterocycles. The molecule has 0 aliphatic carbocycles. The maximum absolute atomic E-state index is 10.8. The zero-order valence-corrected chi connectivity index (χ0v) is 29.5. The average Bonchev–Trinajstić information content (AvgIpc) is 3.03. The normalized spacial score (nSPS) is 11.3. The molecule has 0 aliphatic rings. The van der Waals surface area contributed by atoms with Gasteiger partial charge in [0.05, 0.1) is 4.90 Å². The van der Waals surface area contributed by atoms with E-state index in [9.17, 15) is 13.0 Å². The fourth-order valence-corrected chi connectivity index (χ4v) is 6.18. The van der Waals surface area contributed by atoms with Crippen LogP contribution in [0.25, 0.3) is 0 Å². The van der Waals surface area contributed by atoms with E-state index in [1.165, 1.54) is 166 Å². The van der Waals surface area contributed by atoms with E-state index < -0.39 is 10.1 Å². The van der Waals surface area contributed by atoms with Crippen LogP contribution in [-0.2, 0) is 23.1 Å². The summed E-state index contributed by atoms with van der Waals surface area (Å²) in [5.74, 6) is 0. The number of hydrogen-bond acceptors (Lipinski definition) is 3. The highest BCUT2D eigenvalue weighted by molar-refractivity contribution is 7.85. The maximum Gasteiger partial charge on any atom is 0.168 e. The molecule has 0 spiro atoms. The first-order valence-electron chi connectivity index (χ1n) is 18.5. The summed E-state index contributed by atoms with van der Waals surface area (Å²) >= 11 is 0. The highest BCUT2D eigenvalue weighted by Gasteiger charge is 2.01. The molecule has 0 N–H and O–H groups in total. The van der Waals surface area contributed by atoms with Gasteiger partial charge in [-0.3, -0.25) is 0 Å². The summed E-state index contributed by atoms with van der Waals surface area (Å²) in [6.07, 6.45) is 38.5. The van der Waals surface area contributed by atoms with E-state index in [1.807, 2.05) is 0 Å². The summed E-state index contributed by atoms with van der Waals surface area (Å²) in [7, 11) is -4.31. The molecule has 0 saturated carbocycles. The molecule has 2 aromatic rings. The molecule has 0 radical (unpaired) electrons. The van der Waals surface area contributed by atoms with Gasteiger partial charge in [-0.2, -0.15) is 0 Å². The fraction of sp³-hybridized carbons (Fsp3) is 0.718. The second-order valence-corrected chi connectivity index (χ2v) is 14.1. The van der Waals surface area contributed by atoms with E-state index in [1.54, 1.807) is 12.1 Å². The van der Waals surface area contributed by atoms with Crippen molar-refractivity contribution in [1.29, 1.82) is 0 Å². The molecule has 0 aliphatic heterocycles.